The van der Waals surface area contributed by atoms with Gasteiger partial charge in [0.2, 0.25) is 5.95 Å². The molecule has 32 heavy (non-hydrogen) atoms. The smallest absolute Gasteiger partial charge is 0.269 e. The Hall–Kier alpha value is -3.04. The van der Waals surface area contributed by atoms with E-state index in [1.54, 1.807) is 26.4 Å². The summed E-state index contributed by atoms with van der Waals surface area (Å²) < 4.78 is 7.16. The van der Waals surface area contributed by atoms with Crippen LogP contribution in [0.1, 0.15) is 54.7 Å². The molecule has 1 amide bonds. The highest BCUT2D eigenvalue weighted by atomic mass is 16.5. The number of amides is 1. The number of aromatic nitrogens is 4. The molecule has 3 aromatic rings. The number of rotatable bonds is 7. The molecule has 9 nitrogen and oxygen atoms in total. The van der Waals surface area contributed by atoms with Gasteiger partial charge in [0.25, 0.3) is 5.91 Å². The summed E-state index contributed by atoms with van der Waals surface area (Å²) in [4.78, 5) is 20.8. The van der Waals surface area contributed by atoms with Crippen LogP contribution in [0.2, 0.25) is 0 Å². The van der Waals surface area contributed by atoms with Crippen molar-refractivity contribution >= 4 is 17.4 Å². The molecule has 0 aliphatic heterocycles. The summed E-state index contributed by atoms with van der Waals surface area (Å²) in [7, 11) is 3.25. The molecular weight excluding hydrogens is 408 g/mol. The van der Waals surface area contributed by atoms with Crippen molar-refractivity contribution in [3.63, 3.8) is 0 Å². The van der Waals surface area contributed by atoms with Gasteiger partial charge in [-0.15, -0.1) is 5.10 Å². The molecule has 1 atom stereocenters. The zero-order chi connectivity index (χ0) is 22.7. The second-order valence-electron chi connectivity index (χ2n) is 8.38. The third-order valence-electron chi connectivity index (χ3n) is 5.98. The summed E-state index contributed by atoms with van der Waals surface area (Å²) >= 11 is 0. The Morgan fingerprint density at radius 1 is 1.28 bits per heavy atom. The second kappa shape index (κ2) is 9.62. The van der Waals surface area contributed by atoms with Crippen LogP contribution in [0.3, 0.4) is 0 Å². The van der Waals surface area contributed by atoms with Crippen LogP contribution in [0, 0.1) is 0 Å². The van der Waals surface area contributed by atoms with Crippen LogP contribution in [0.25, 0.3) is 16.6 Å². The van der Waals surface area contributed by atoms with Gasteiger partial charge in [0.15, 0.2) is 0 Å². The molecule has 0 unspecified atom stereocenters. The van der Waals surface area contributed by atoms with Crippen LogP contribution in [-0.4, -0.2) is 63.5 Å². The number of aliphatic hydroxyl groups excluding tert-OH is 1. The molecule has 1 aliphatic rings. The quantitative estimate of drug-likeness (QED) is 0.520. The van der Waals surface area contributed by atoms with E-state index in [0.717, 1.165) is 48.0 Å². The van der Waals surface area contributed by atoms with E-state index in [1.165, 1.54) is 0 Å². The molecule has 1 aliphatic carbocycles. The predicted octanol–water partition coefficient (Wildman–Crippen LogP) is 2.62. The van der Waals surface area contributed by atoms with Crippen molar-refractivity contribution < 1.29 is 14.6 Å². The lowest BCUT2D eigenvalue weighted by molar-refractivity contribution is 0.0958. The second-order valence-corrected chi connectivity index (χ2v) is 8.38. The van der Waals surface area contributed by atoms with E-state index in [2.05, 4.69) is 26.7 Å². The van der Waals surface area contributed by atoms with Gasteiger partial charge in [-0.3, -0.25) is 9.78 Å². The zero-order valence-electron chi connectivity index (χ0n) is 18.7. The monoisotopic (exact) mass is 438 g/mol. The number of carbonyl (C=O) groups excluding carboxylic acids is 1. The number of fused-ring (bicyclic) bond motifs is 1. The third-order valence-corrected chi connectivity index (χ3v) is 5.98. The minimum absolute atomic E-state index is 0.0658. The fraction of sp³-hybridized carbons (Fsp3) is 0.478. The van der Waals surface area contributed by atoms with Crippen LogP contribution < -0.4 is 10.6 Å². The first-order chi connectivity index (χ1) is 15.5. The van der Waals surface area contributed by atoms with E-state index >= 15 is 0 Å². The van der Waals surface area contributed by atoms with Gasteiger partial charge in [-0.2, -0.15) is 0 Å². The molecule has 3 heterocycles. The fourth-order valence-electron chi connectivity index (χ4n) is 4.34. The highest BCUT2D eigenvalue weighted by molar-refractivity contribution is 5.94. The SMILES string of the molecule is CNC(=O)c1cc(-c2cc(C3CCC(O)CC3)n3nc(N[C@@H](C)COC)ncc23)ccn1. The van der Waals surface area contributed by atoms with E-state index in [9.17, 15) is 9.90 Å². The van der Waals surface area contributed by atoms with Gasteiger partial charge in [-0.05, 0) is 56.4 Å². The summed E-state index contributed by atoms with van der Waals surface area (Å²) in [5.41, 5.74) is 4.15. The average Bonchev–Trinajstić information content (AvgIpc) is 3.18. The van der Waals surface area contributed by atoms with E-state index in [0.29, 0.717) is 24.2 Å². The molecule has 170 valence electrons. The minimum Gasteiger partial charge on any atom is -0.393 e. The van der Waals surface area contributed by atoms with Crippen molar-refractivity contribution in [3.05, 3.63) is 42.0 Å². The standard InChI is InChI=1S/C23H30N6O3/c1-14(13-32-3)27-23-26-12-21-18(16-8-9-25-19(10-16)22(31)24-2)11-20(29(21)28-23)15-4-6-17(30)7-5-15/h8-12,14-15,17,30H,4-7,13H2,1-3H3,(H,24,31)(H,27,28)/t14-,15?,17?/m0/s1. The molecule has 0 bridgehead atoms. The molecule has 0 spiro atoms. The number of aliphatic hydroxyl groups is 1. The maximum Gasteiger partial charge on any atom is 0.269 e. The number of ether oxygens (including phenoxy) is 1. The molecule has 1 saturated carbocycles. The van der Waals surface area contributed by atoms with E-state index in [4.69, 9.17) is 9.84 Å². The molecular formula is C23H30N6O3. The van der Waals surface area contributed by atoms with Crippen molar-refractivity contribution in [1.82, 2.24) is 24.9 Å². The molecule has 3 aromatic heterocycles. The number of pyridine rings is 1. The molecule has 9 heteroatoms. The van der Waals surface area contributed by atoms with Crippen LogP contribution in [0.15, 0.2) is 30.6 Å². The Morgan fingerprint density at radius 3 is 2.78 bits per heavy atom. The number of carbonyl (C=O) groups is 1. The third kappa shape index (κ3) is 4.58. The molecule has 0 radical (unpaired) electrons. The average molecular weight is 439 g/mol. The first-order valence-electron chi connectivity index (χ1n) is 11.0. The number of methoxy groups -OCH3 is 1. The normalized spacial score (nSPS) is 19.6. The fourth-order valence-corrected chi connectivity index (χ4v) is 4.34. The van der Waals surface area contributed by atoms with Crippen molar-refractivity contribution in [2.75, 3.05) is 26.1 Å². The van der Waals surface area contributed by atoms with Crippen LogP contribution in [-0.2, 0) is 4.74 Å². The summed E-state index contributed by atoms with van der Waals surface area (Å²) in [6.45, 7) is 2.56. The molecule has 4 rings (SSSR count). The number of nitrogens with zero attached hydrogens (tertiary/aromatic N) is 4. The number of hydrogen-bond acceptors (Lipinski definition) is 7. The Balaban J connectivity index is 1.79. The molecule has 3 N–H and O–H groups in total. The number of hydrogen-bond donors (Lipinski definition) is 3. The topological polar surface area (TPSA) is 114 Å². The van der Waals surface area contributed by atoms with Gasteiger partial charge in [0.05, 0.1) is 24.4 Å². The van der Waals surface area contributed by atoms with E-state index in [1.807, 2.05) is 23.7 Å². The lowest BCUT2D eigenvalue weighted by atomic mass is 9.85. The van der Waals surface area contributed by atoms with Crippen LogP contribution in [0.5, 0.6) is 0 Å². The Labute approximate surface area is 187 Å². The lowest BCUT2D eigenvalue weighted by Gasteiger charge is -2.25. The Bertz CT molecular complexity index is 1090. The predicted molar refractivity (Wildman–Crippen MR) is 122 cm³/mol. The van der Waals surface area contributed by atoms with Gasteiger partial charge in [-0.1, -0.05) is 0 Å². The van der Waals surface area contributed by atoms with Crippen LogP contribution >= 0.6 is 0 Å². The van der Waals surface area contributed by atoms with Gasteiger partial charge in [-0.25, -0.2) is 9.50 Å². The number of anilines is 1. The largest absolute Gasteiger partial charge is 0.393 e. The minimum atomic E-state index is -0.230. The van der Waals surface area contributed by atoms with Gasteiger partial charge in [0, 0.05) is 43.6 Å². The lowest BCUT2D eigenvalue weighted by Crippen LogP contribution is -2.23. The van der Waals surface area contributed by atoms with Gasteiger partial charge in [0.1, 0.15) is 5.69 Å². The molecule has 0 saturated heterocycles. The highest BCUT2D eigenvalue weighted by Gasteiger charge is 2.26. The summed E-state index contributed by atoms with van der Waals surface area (Å²) in [5, 5.41) is 20.7. The number of nitrogens with one attached hydrogen (secondary N) is 2. The maximum absolute atomic E-state index is 12.1. The van der Waals surface area contributed by atoms with E-state index < -0.39 is 0 Å². The summed E-state index contributed by atoms with van der Waals surface area (Å²) in [6.07, 6.45) is 6.59. The Kier molecular flexibility index (Phi) is 6.66. The first kappa shape index (κ1) is 22.2. The van der Waals surface area contributed by atoms with Crippen molar-refractivity contribution in [1.29, 1.82) is 0 Å². The summed E-state index contributed by atoms with van der Waals surface area (Å²) in [5.74, 6) is 0.591. The molecule has 1 fully saturated rings. The van der Waals surface area contributed by atoms with Crippen molar-refractivity contribution in [2.45, 2.75) is 50.7 Å². The van der Waals surface area contributed by atoms with Crippen molar-refractivity contribution in [3.8, 4) is 11.1 Å². The summed E-state index contributed by atoms with van der Waals surface area (Å²) in [6, 6.07) is 5.88. The van der Waals surface area contributed by atoms with Gasteiger partial charge < -0.3 is 20.5 Å². The first-order valence-corrected chi connectivity index (χ1v) is 11.0. The van der Waals surface area contributed by atoms with Gasteiger partial charge >= 0.3 is 0 Å². The van der Waals surface area contributed by atoms with E-state index in [-0.39, 0.29) is 18.1 Å². The maximum atomic E-state index is 12.1. The Morgan fingerprint density at radius 2 is 2.06 bits per heavy atom. The highest BCUT2D eigenvalue weighted by Crippen LogP contribution is 2.37. The molecule has 0 aromatic carbocycles. The van der Waals surface area contributed by atoms with Crippen LogP contribution in [0.4, 0.5) is 5.95 Å². The zero-order valence-corrected chi connectivity index (χ0v) is 18.7. The van der Waals surface area contributed by atoms with Crippen molar-refractivity contribution in [2.24, 2.45) is 0 Å².